The van der Waals surface area contributed by atoms with E-state index in [0.717, 1.165) is 24.3 Å². The number of fused-ring (bicyclic) bond motifs is 1. The molecule has 0 atom stereocenters. The highest BCUT2D eigenvalue weighted by Gasteiger charge is 2.15. The van der Waals surface area contributed by atoms with Crippen LogP contribution in [0.3, 0.4) is 0 Å². The Hall–Kier alpha value is -2.93. The van der Waals surface area contributed by atoms with Crippen molar-refractivity contribution in [2.45, 2.75) is 13.5 Å². The minimum atomic E-state index is -0.265. The van der Waals surface area contributed by atoms with Gasteiger partial charge in [0.1, 0.15) is 11.4 Å². The van der Waals surface area contributed by atoms with Gasteiger partial charge >= 0.3 is 0 Å². The van der Waals surface area contributed by atoms with E-state index in [9.17, 15) is 4.79 Å². The standard InChI is InChI=1S/C16H18N6O/c1-2-18-9-11-4-3-5-12(8-11)21-16(23)13-10-20-22-14(17)6-7-19-15(13)22/h3-8,10,18H,2,9,17H2,1H3,(H,21,23). The summed E-state index contributed by atoms with van der Waals surface area (Å²) in [6.45, 7) is 3.70. The maximum absolute atomic E-state index is 12.5. The minimum Gasteiger partial charge on any atom is -0.384 e. The van der Waals surface area contributed by atoms with Crippen LogP contribution in [0.5, 0.6) is 0 Å². The fourth-order valence-electron chi connectivity index (χ4n) is 2.30. The van der Waals surface area contributed by atoms with Crippen LogP contribution in [-0.2, 0) is 6.54 Å². The van der Waals surface area contributed by atoms with Crippen molar-refractivity contribution in [1.82, 2.24) is 19.9 Å². The molecular formula is C16H18N6O. The number of aromatic nitrogens is 3. The number of nitrogens with two attached hydrogens (primary N) is 1. The first-order chi connectivity index (χ1) is 11.2. The van der Waals surface area contributed by atoms with Gasteiger partial charge in [-0.1, -0.05) is 19.1 Å². The number of nitrogens with one attached hydrogen (secondary N) is 2. The monoisotopic (exact) mass is 310 g/mol. The Morgan fingerprint density at radius 1 is 1.35 bits per heavy atom. The van der Waals surface area contributed by atoms with Gasteiger partial charge in [-0.3, -0.25) is 4.79 Å². The minimum absolute atomic E-state index is 0.265. The molecule has 0 radical (unpaired) electrons. The SMILES string of the molecule is CCNCc1cccc(NC(=O)c2cnn3c(N)ccnc23)c1. The van der Waals surface area contributed by atoms with Gasteiger partial charge in [-0.25, -0.2) is 4.98 Å². The van der Waals surface area contributed by atoms with Crippen molar-refractivity contribution in [3.8, 4) is 0 Å². The molecule has 0 aliphatic carbocycles. The first kappa shape index (κ1) is 15.0. The van der Waals surface area contributed by atoms with Crippen LogP contribution in [0.4, 0.5) is 11.5 Å². The molecule has 23 heavy (non-hydrogen) atoms. The smallest absolute Gasteiger partial charge is 0.261 e. The van der Waals surface area contributed by atoms with Crippen LogP contribution in [0.2, 0.25) is 0 Å². The van der Waals surface area contributed by atoms with Gasteiger partial charge in [-0.15, -0.1) is 0 Å². The van der Waals surface area contributed by atoms with E-state index in [4.69, 9.17) is 5.73 Å². The Kier molecular flexibility index (Phi) is 4.20. The molecule has 3 rings (SSSR count). The van der Waals surface area contributed by atoms with E-state index in [1.807, 2.05) is 24.3 Å². The van der Waals surface area contributed by atoms with Crippen LogP contribution in [0, 0.1) is 0 Å². The summed E-state index contributed by atoms with van der Waals surface area (Å²) in [4.78, 5) is 16.6. The summed E-state index contributed by atoms with van der Waals surface area (Å²) in [6, 6.07) is 9.34. The quantitative estimate of drug-likeness (QED) is 0.666. The molecule has 2 aromatic heterocycles. The molecule has 0 saturated heterocycles. The summed E-state index contributed by atoms with van der Waals surface area (Å²) in [5.74, 6) is 0.167. The number of hydrogen-bond acceptors (Lipinski definition) is 5. The molecule has 7 nitrogen and oxygen atoms in total. The van der Waals surface area contributed by atoms with Gasteiger partial charge in [0.05, 0.1) is 6.20 Å². The van der Waals surface area contributed by atoms with Crippen molar-refractivity contribution in [2.75, 3.05) is 17.6 Å². The second kappa shape index (κ2) is 6.45. The van der Waals surface area contributed by atoms with E-state index in [1.165, 1.54) is 10.7 Å². The molecule has 2 heterocycles. The fraction of sp³-hybridized carbons (Fsp3) is 0.188. The van der Waals surface area contributed by atoms with Crippen LogP contribution in [0.15, 0.2) is 42.7 Å². The molecule has 0 unspecified atom stereocenters. The second-order valence-electron chi connectivity index (χ2n) is 5.10. The normalized spacial score (nSPS) is 10.8. The first-order valence-corrected chi connectivity index (χ1v) is 7.38. The van der Waals surface area contributed by atoms with E-state index >= 15 is 0 Å². The number of benzene rings is 1. The molecule has 0 saturated carbocycles. The van der Waals surface area contributed by atoms with E-state index in [2.05, 4.69) is 27.6 Å². The molecule has 1 aromatic carbocycles. The summed E-state index contributed by atoms with van der Waals surface area (Å²) in [7, 11) is 0. The van der Waals surface area contributed by atoms with Crippen molar-refractivity contribution in [2.24, 2.45) is 0 Å². The van der Waals surface area contributed by atoms with E-state index in [0.29, 0.717) is 17.0 Å². The Labute approximate surface area is 133 Å². The van der Waals surface area contributed by atoms with Gasteiger partial charge in [0.25, 0.3) is 5.91 Å². The maximum atomic E-state index is 12.5. The number of nitrogen functional groups attached to an aromatic ring is 1. The van der Waals surface area contributed by atoms with Crippen LogP contribution >= 0.6 is 0 Å². The Morgan fingerprint density at radius 3 is 3.04 bits per heavy atom. The van der Waals surface area contributed by atoms with Gasteiger partial charge in [0, 0.05) is 18.4 Å². The Bertz CT molecular complexity index is 841. The lowest BCUT2D eigenvalue weighted by Gasteiger charge is -2.07. The summed E-state index contributed by atoms with van der Waals surface area (Å²) >= 11 is 0. The van der Waals surface area contributed by atoms with Crippen LogP contribution in [0.25, 0.3) is 5.65 Å². The zero-order valence-electron chi connectivity index (χ0n) is 12.8. The number of nitrogens with zero attached hydrogens (tertiary/aromatic N) is 3. The highest BCUT2D eigenvalue weighted by molar-refractivity contribution is 6.08. The topological polar surface area (TPSA) is 97.3 Å². The number of amides is 1. The zero-order valence-corrected chi connectivity index (χ0v) is 12.8. The number of rotatable bonds is 5. The highest BCUT2D eigenvalue weighted by Crippen LogP contribution is 2.15. The lowest BCUT2D eigenvalue weighted by atomic mass is 10.2. The fourth-order valence-corrected chi connectivity index (χ4v) is 2.30. The van der Waals surface area contributed by atoms with E-state index in [-0.39, 0.29) is 5.91 Å². The molecule has 0 spiro atoms. The number of carbonyl (C=O) groups is 1. The Balaban J connectivity index is 1.82. The molecule has 7 heteroatoms. The number of hydrogen-bond donors (Lipinski definition) is 3. The average Bonchev–Trinajstić information content (AvgIpc) is 2.99. The van der Waals surface area contributed by atoms with Crippen molar-refractivity contribution in [3.05, 3.63) is 53.9 Å². The number of anilines is 2. The Morgan fingerprint density at radius 2 is 2.22 bits per heavy atom. The third-order valence-corrected chi connectivity index (χ3v) is 3.44. The molecule has 0 fully saturated rings. The third-order valence-electron chi connectivity index (χ3n) is 3.44. The summed E-state index contributed by atoms with van der Waals surface area (Å²) in [6.07, 6.45) is 3.02. The molecule has 3 aromatic rings. The van der Waals surface area contributed by atoms with Gasteiger partial charge < -0.3 is 16.4 Å². The number of carbonyl (C=O) groups excluding carboxylic acids is 1. The van der Waals surface area contributed by atoms with Gasteiger partial charge in [0.15, 0.2) is 5.65 Å². The van der Waals surface area contributed by atoms with E-state index in [1.54, 1.807) is 12.3 Å². The average molecular weight is 310 g/mol. The zero-order chi connectivity index (χ0) is 16.2. The molecule has 118 valence electrons. The highest BCUT2D eigenvalue weighted by atomic mass is 16.1. The molecule has 4 N–H and O–H groups in total. The lowest BCUT2D eigenvalue weighted by Crippen LogP contribution is -2.14. The van der Waals surface area contributed by atoms with Crippen LogP contribution < -0.4 is 16.4 Å². The second-order valence-corrected chi connectivity index (χ2v) is 5.10. The summed E-state index contributed by atoms with van der Waals surface area (Å²) in [5, 5.41) is 10.2. The maximum Gasteiger partial charge on any atom is 0.261 e. The van der Waals surface area contributed by atoms with Crippen molar-refractivity contribution in [3.63, 3.8) is 0 Å². The predicted octanol–water partition coefficient (Wildman–Crippen LogP) is 1.67. The predicted molar refractivity (Wildman–Crippen MR) is 89.2 cm³/mol. The lowest BCUT2D eigenvalue weighted by molar-refractivity contribution is 0.102. The van der Waals surface area contributed by atoms with Gasteiger partial charge in [-0.05, 0) is 30.3 Å². The molecule has 1 amide bonds. The van der Waals surface area contributed by atoms with Crippen LogP contribution in [0.1, 0.15) is 22.8 Å². The largest absolute Gasteiger partial charge is 0.384 e. The van der Waals surface area contributed by atoms with Crippen molar-refractivity contribution < 1.29 is 4.79 Å². The van der Waals surface area contributed by atoms with Gasteiger partial charge in [-0.2, -0.15) is 9.61 Å². The third kappa shape index (κ3) is 3.14. The molecule has 0 bridgehead atoms. The van der Waals surface area contributed by atoms with Crippen LogP contribution in [-0.4, -0.2) is 27.0 Å². The van der Waals surface area contributed by atoms with Gasteiger partial charge in [0.2, 0.25) is 0 Å². The molecule has 0 aliphatic rings. The molecular weight excluding hydrogens is 292 g/mol. The first-order valence-electron chi connectivity index (χ1n) is 7.38. The van der Waals surface area contributed by atoms with Crippen molar-refractivity contribution >= 4 is 23.1 Å². The van der Waals surface area contributed by atoms with Crippen molar-refractivity contribution in [1.29, 1.82) is 0 Å². The summed E-state index contributed by atoms with van der Waals surface area (Å²) < 4.78 is 1.44. The summed E-state index contributed by atoms with van der Waals surface area (Å²) in [5.41, 5.74) is 8.46. The molecule has 0 aliphatic heterocycles. The van der Waals surface area contributed by atoms with E-state index < -0.39 is 0 Å².